The Kier molecular flexibility index (Phi) is 7.63. The molecule has 4 aromatic rings. The van der Waals surface area contributed by atoms with Crippen molar-refractivity contribution in [3.63, 3.8) is 0 Å². The summed E-state index contributed by atoms with van der Waals surface area (Å²) in [6.07, 6.45) is 0.518. The molecule has 0 aliphatic rings. The number of hydrogen-bond acceptors (Lipinski definition) is 9. The fraction of sp³-hybridized carbons (Fsp3) is 0.174. The maximum Gasteiger partial charge on any atom is 0.426 e. The summed E-state index contributed by atoms with van der Waals surface area (Å²) in [6, 6.07) is 16.7. The number of thiazole rings is 1. The maximum absolute atomic E-state index is 12.3. The van der Waals surface area contributed by atoms with Gasteiger partial charge in [0, 0.05) is 5.38 Å². The van der Waals surface area contributed by atoms with Crippen molar-refractivity contribution in [1.29, 1.82) is 0 Å². The minimum atomic E-state index is -3.52. The number of aromatic nitrogens is 1. The van der Waals surface area contributed by atoms with E-state index in [9.17, 15) is 18.0 Å². The van der Waals surface area contributed by atoms with E-state index in [4.69, 9.17) is 13.9 Å². The van der Waals surface area contributed by atoms with Gasteiger partial charge in [0.05, 0.1) is 6.26 Å². The van der Waals surface area contributed by atoms with E-state index < -0.39 is 21.8 Å². The van der Waals surface area contributed by atoms with Gasteiger partial charge in [-0.2, -0.15) is 0 Å². The molecule has 182 valence electrons. The minimum absolute atomic E-state index is 0.0295. The number of carbonyl (C=O) groups is 2. The summed E-state index contributed by atoms with van der Waals surface area (Å²) in [6.45, 7) is 0.0878. The molecular weight excluding hydrogens is 494 g/mol. The van der Waals surface area contributed by atoms with Gasteiger partial charge in [-0.05, 0) is 35.0 Å². The zero-order chi connectivity index (χ0) is 24.7. The van der Waals surface area contributed by atoms with E-state index in [0.29, 0.717) is 11.5 Å². The largest absolute Gasteiger partial charge is 0.490 e. The Morgan fingerprint density at radius 1 is 0.971 bits per heavy atom. The monoisotopic (exact) mass is 515 g/mol. The van der Waals surface area contributed by atoms with Gasteiger partial charge in [0.15, 0.2) is 9.84 Å². The number of nitrogens with zero attached hydrogens (tertiary/aromatic N) is 1. The first kappa shape index (κ1) is 24.2. The van der Waals surface area contributed by atoms with Crippen molar-refractivity contribution in [1.82, 2.24) is 15.8 Å². The molecule has 2 heterocycles. The Morgan fingerprint density at radius 2 is 1.80 bits per heavy atom. The van der Waals surface area contributed by atoms with E-state index in [1.165, 1.54) is 11.6 Å². The highest BCUT2D eigenvalue weighted by Crippen LogP contribution is 2.20. The van der Waals surface area contributed by atoms with Crippen LogP contribution in [0.25, 0.3) is 10.8 Å². The standard InChI is InChI=1S/C23H21N3O7S2/c27-22(20-13-34-21(24-20)15-35(29,30)14-19-6-3-9-31-19)25-26-23(28)33-11-10-32-18-8-7-16-4-1-2-5-17(16)12-18/h1-9,12-13H,10-11,14-15H2,(H,25,27)(H,26,28). The summed E-state index contributed by atoms with van der Waals surface area (Å²) in [5.74, 6) is -0.339. The first-order valence-electron chi connectivity index (χ1n) is 10.4. The van der Waals surface area contributed by atoms with Crippen LogP contribution < -0.4 is 15.6 Å². The second kappa shape index (κ2) is 11.0. The minimum Gasteiger partial charge on any atom is -0.490 e. The van der Waals surface area contributed by atoms with Gasteiger partial charge >= 0.3 is 6.09 Å². The first-order valence-corrected chi connectivity index (χ1v) is 13.1. The van der Waals surface area contributed by atoms with Crippen LogP contribution in [0, 0.1) is 0 Å². The summed E-state index contributed by atoms with van der Waals surface area (Å²) in [4.78, 5) is 28.0. The number of hydrazine groups is 1. The first-order chi connectivity index (χ1) is 16.9. The summed E-state index contributed by atoms with van der Waals surface area (Å²) < 4.78 is 40.1. The molecule has 10 nitrogen and oxygen atoms in total. The molecule has 0 radical (unpaired) electrons. The van der Waals surface area contributed by atoms with Crippen molar-refractivity contribution in [2.75, 3.05) is 13.2 Å². The summed E-state index contributed by atoms with van der Waals surface area (Å²) in [5, 5.41) is 3.77. The predicted octanol–water partition coefficient (Wildman–Crippen LogP) is 3.45. The van der Waals surface area contributed by atoms with E-state index in [2.05, 4.69) is 15.8 Å². The maximum atomic E-state index is 12.3. The molecule has 0 saturated carbocycles. The molecule has 0 saturated heterocycles. The fourth-order valence-electron chi connectivity index (χ4n) is 3.09. The van der Waals surface area contributed by atoms with Crippen molar-refractivity contribution >= 4 is 43.9 Å². The van der Waals surface area contributed by atoms with E-state index in [1.807, 2.05) is 42.5 Å². The number of rotatable bonds is 9. The molecule has 0 atom stereocenters. The molecule has 0 spiro atoms. The van der Waals surface area contributed by atoms with Crippen molar-refractivity contribution < 1.29 is 31.9 Å². The zero-order valence-electron chi connectivity index (χ0n) is 18.3. The Bertz CT molecular complexity index is 1420. The van der Waals surface area contributed by atoms with Gasteiger partial charge in [0.25, 0.3) is 5.91 Å². The molecule has 12 heteroatoms. The molecule has 35 heavy (non-hydrogen) atoms. The molecule has 2 amide bonds. The quantitative estimate of drug-likeness (QED) is 0.255. The number of benzene rings is 2. The predicted molar refractivity (Wildman–Crippen MR) is 129 cm³/mol. The lowest BCUT2D eigenvalue weighted by Crippen LogP contribution is -2.42. The molecule has 2 aromatic heterocycles. The second-order valence-electron chi connectivity index (χ2n) is 7.31. The molecule has 2 aromatic carbocycles. The lowest BCUT2D eigenvalue weighted by molar-refractivity contribution is 0.0892. The molecule has 0 aliphatic carbocycles. The number of nitrogens with one attached hydrogen (secondary N) is 2. The third-order valence-electron chi connectivity index (χ3n) is 4.65. The highest BCUT2D eigenvalue weighted by Gasteiger charge is 2.19. The Morgan fingerprint density at radius 3 is 2.60 bits per heavy atom. The van der Waals surface area contributed by atoms with Crippen molar-refractivity contribution in [2.45, 2.75) is 11.5 Å². The molecular formula is C23H21N3O7S2. The van der Waals surface area contributed by atoms with Gasteiger partial charge < -0.3 is 13.9 Å². The summed E-state index contributed by atoms with van der Waals surface area (Å²) in [7, 11) is -3.52. The zero-order valence-corrected chi connectivity index (χ0v) is 19.9. The topological polar surface area (TPSA) is 137 Å². The fourth-order valence-corrected chi connectivity index (χ4v) is 5.60. The third kappa shape index (κ3) is 7.04. The van der Waals surface area contributed by atoms with Crippen molar-refractivity contribution in [2.24, 2.45) is 0 Å². The third-order valence-corrected chi connectivity index (χ3v) is 7.12. The highest BCUT2D eigenvalue weighted by atomic mass is 32.2. The van der Waals surface area contributed by atoms with Gasteiger partial charge in [0.2, 0.25) is 0 Å². The molecule has 0 aliphatic heterocycles. The van der Waals surface area contributed by atoms with Gasteiger partial charge in [0.1, 0.15) is 46.9 Å². The van der Waals surface area contributed by atoms with E-state index >= 15 is 0 Å². The lowest BCUT2D eigenvalue weighted by Gasteiger charge is -2.09. The van der Waals surface area contributed by atoms with Gasteiger partial charge in [-0.3, -0.25) is 10.2 Å². The van der Waals surface area contributed by atoms with Crippen molar-refractivity contribution in [3.05, 3.63) is 82.7 Å². The molecule has 4 rings (SSSR count). The number of sulfone groups is 1. The molecule has 0 fully saturated rings. The van der Waals surface area contributed by atoms with E-state index in [0.717, 1.165) is 22.1 Å². The average molecular weight is 516 g/mol. The summed E-state index contributed by atoms with van der Waals surface area (Å²) in [5.41, 5.74) is 4.24. The number of amides is 2. The number of furan rings is 1. The van der Waals surface area contributed by atoms with Crippen LogP contribution in [0.3, 0.4) is 0 Å². The van der Waals surface area contributed by atoms with Crippen LogP contribution in [0.4, 0.5) is 4.79 Å². The van der Waals surface area contributed by atoms with Crippen LogP contribution >= 0.6 is 11.3 Å². The Balaban J connectivity index is 1.17. The normalized spacial score (nSPS) is 11.2. The van der Waals surface area contributed by atoms with E-state index in [-0.39, 0.29) is 35.4 Å². The Labute approximate surface area is 204 Å². The number of hydrogen-bond donors (Lipinski definition) is 2. The Hall–Kier alpha value is -3.90. The highest BCUT2D eigenvalue weighted by molar-refractivity contribution is 7.89. The molecule has 0 unspecified atom stereocenters. The van der Waals surface area contributed by atoms with Crippen LogP contribution in [0.1, 0.15) is 21.3 Å². The van der Waals surface area contributed by atoms with E-state index in [1.54, 1.807) is 12.1 Å². The number of ether oxygens (including phenoxy) is 2. The lowest BCUT2D eigenvalue weighted by atomic mass is 10.1. The van der Waals surface area contributed by atoms with Gasteiger partial charge in [-0.1, -0.05) is 30.3 Å². The summed E-state index contributed by atoms with van der Waals surface area (Å²) >= 11 is 1.02. The average Bonchev–Trinajstić information content (AvgIpc) is 3.52. The SMILES string of the molecule is O=C(NNC(=O)c1csc(CS(=O)(=O)Cc2ccco2)n1)OCCOc1ccc2ccccc2c1. The smallest absolute Gasteiger partial charge is 0.426 e. The van der Waals surface area contributed by atoms with Crippen LogP contribution in [0.5, 0.6) is 5.75 Å². The number of carbonyl (C=O) groups excluding carboxylic acids is 2. The van der Waals surface area contributed by atoms with Crippen LogP contribution in [0.2, 0.25) is 0 Å². The van der Waals surface area contributed by atoms with Crippen LogP contribution in [-0.4, -0.2) is 38.6 Å². The van der Waals surface area contributed by atoms with Gasteiger partial charge in [-0.25, -0.2) is 23.6 Å². The van der Waals surface area contributed by atoms with Crippen LogP contribution in [-0.2, 0) is 26.1 Å². The van der Waals surface area contributed by atoms with Crippen molar-refractivity contribution in [3.8, 4) is 5.75 Å². The second-order valence-corrected chi connectivity index (χ2v) is 10.3. The molecule has 0 bridgehead atoms. The molecule has 2 N–H and O–H groups in total. The van der Waals surface area contributed by atoms with Gasteiger partial charge in [-0.15, -0.1) is 11.3 Å². The number of fused-ring (bicyclic) bond motifs is 1. The van der Waals surface area contributed by atoms with Crippen LogP contribution in [0.15, 0.2) is 70.7 Å².